The van der Waals surface area contributed by atoms with Crippen molar-refractivity contribution in [1.82, 2.24) is 0 Å². The molecule has 0 spiro atoms. The standard InChI is InChI=1S/C20H24O3/c1-5-20(4,19(21)22)16-10-7-11-17(12-16)23-13-18-14(2)8-6-9-15(18)3/h6-12H,5,13H2,1-4H3,(H,21,22). The first kappa shape index (κ1) is 17.1. The Morgan fingerprint density at radius 3 is 2.30 bits per heavy atom. The number of hydrogen-bond donors (Lipinski definition) is 1. The van der Waals surface area contributed by atoms with E-state index in [0.29, 0.717) is 18.8 Å². The predicted octanol–water partition coefficient (Wildman–Crippen LogP) is 4.63. The maximum absolute atomic E-state index is 11.6. The highest BCUT2D eigenvalue weighted by Crippen LogP contribution is 2.30. The Balaban J connectivity index is 2.23. The molecule has 0 saturated carbocycles. The number of aryl methyl sites for hydroxylation is 2. The molecule has 0 amide bonds. The molecule has 0 aliphatic carbocycles. The molecule has 0 aliphatic rings. The van der Waals surface area contributed by atoms with Gasteiger partial charge in [0.25, 0.3) is 0 Å². The van der Waals surface area contributed by atoms with Gasteiger partial charge in [-0.2, -0.15) is 0 Å². The molecule has 23 heavy (non-hydrogen) atoms. The van der Waals surface area contributed by atoms with Gasteiger partial charge in [-0.05, 0) is 61.6 Å². The van der Waals surface area contributed by atoms with Crippen molar-refractivity contribution in [1.29, 1.82) is 0 Å². The zero-order chi connectivity index (χ0) is 17.0. The van der Waals surface area contributed by atoms with Crippen LogP contribution in [0.5, 0.6) is 5.75 Å². The maximum Gasteiger partial charge on any atom is 0.313 e. The van der Waals surface area contributed by atoms with Gasteiger partial charge in [-0.1, -0.05) is 37.3 Å². The van der Waals surface area contributed by atoms with Crippen LogP contribution in [0.3, 0.4) is 0 Å². The van der Waals surface area contributed by atoms with Gasteiger partial charge >= 0.3 is 5.97 Å². The quantitative estimate of drug-likeness (QED) is 0.845. The summed E-state index contributed by atoms with van der Waals surface area (Å²) >= 11 is 0. The molecule has 2 aromatic carbocycles. The van der Waals surface area contributed by atoms with Crippen LogP contribution in [0.1, 0.15) is 42.5 Å². The molecule has 0 aromatic heterocycles. The van der Waals surface area contributed by atoms with Crippen molar-refractivity contribution < 1.29 is 14.6 Å². The number of carbonyl (C=O) groups is 1. The Morgan fingerprint density at radius 2 is 1.74 bits per heavy atom. The van der Waals surface area contributed by atoms with Gasteiger partial charge in [0.1, 0.15) is 12.4 Å². The topological polar surface area (TPSA) is 46.5 Å². The average Bonchev–Trinajstić information content (AvgIpc) is 2.53. The SMILES string of the molecule is CCC(C)(C(=O)O)c1cccc(OCc2c(C)cccc2C)c1. The largest absolute Gasteiger partial charge is 0.489 e. The Bertz CT molecular complexity index is 686. The number of rotatable bonds is 6. The van der Waals surface area contributed by atoms with E-state index in [1.165, 1.54) is 16.7 Å². The van der Waals surface area contributed by atoms with Crippen molar-refractivity contribution in [2.24, 2.45) is 0 Å². The summed E-state index contributed by atoms with van der Waals surface area (Å²) in [6.07, 6.45) is 0.530. The van der Waals surface area contributed by atoms with Gasteiger partial charge in [0.05, 0.1) is 5.41 Å². The minimum absolute atomic E-state index is 0.484. The van der Waals surface area contributed by atoms with Crippen LogP contribution in [-0.4, -0.2) is 11.1 Å². The van der Waals surface area contributed by atoms with Crippen molar-refractivity contribution in [2.75, 3.05) is 0 Å². The normalized spacial score (nSPS) is 13.4. The lowest BCUT2D eigenvalue weighted by Gasteiger charge is -2.24. The summed E-state index contributed by atoms with van der Waals surface area (Å²) < 4.78 is 5.92. The molecule has 2 aromatic rings. The highest BCUT2D eigenvalue weighted by atomic mass is 16.5. The Labute approximate surface area is 137 Å². The van der Waals surface area contributed by atoms with Crippen LogP contribution < -0.4 is 4.74 Å². The summed E-state index contributed by atoms with van der Waals surface area (Å²) in [6, 6.07) is 13.6. The lowest BCUT2D eigenvalue weighted by Crippen LogP contribution is -2.31. The molecule has 0 aliphatic heterocycles. The number of ether oxygens (including phenoxy) is 1. The third kappa shape index (κ3) is 3.55. The first-order valence-corrected chi connectivity index (χ1v) is 7.90. The van der Waals surface area contributed by atoms with E-state index in [1.54, 1.807) is 6.92 Å². The summed E-state index contributed by atoms with van der Waals surface area (Å²) in [4.78, 5) is 11.6. The summed E-state index contributed by atoms with van der Waals surface area (Å²) in [6.45, 7) is 8.26. The summed E-state index contributed by atoms with van der Waals surface area (Å²) in [5, 5.41) is 9.52. The third-order valence-corrected chi connectivity index (χ3v) is 4.68. The van der Waals surface area contributed by atoms with Gasteiger partial charge in [-0.15, -0.1) is 0 Å². The van der Waals surface area contributed by atoms with Crippen molar-refractivity contribution in [3.05, 3.63) is 64.7 Å². The third-order valence-electron chi connectivity index (χ3n) is 4.68. The molecule has 1 unspecified atom stereocenters. The van der Waals surface area contributed by atoms with E-state index in [0.717, 1.165) is 5.56 Å². The number of aliphatic carboxylic acids is 1. The van der Waals surface area contributed by atoms with Crippen molar-refractivity contribution in [3.63, 3.8) is 0 Å². The molecule has 1 N–H and O–H groups in total. The van der Waals surface area contributed by atoms with Crippen molar-refractivity contribution in [2.45, 2.75) is 46.1 Å². The minimum Gasteiger partial charge on any atom is -0.489 e. The van der Waals surface area contributed by atoms with Crippen LogP contribution in [0.4, 0.5) is 0 Å². The van der Waals surface area contributed by atoms with Crippen LogP contribution in [-0.2, 0) is 16.8 Å². The first-order valence-electron chi connectivity index (χ1n) is 7.90. The van der Waals surface area contributed by atoms with Crippen LogP contribution in [0, 0.1) is 13.8 Å². The van der Waals surface area contributed by atoms with Crippen LogP contribution in [0.25, 0.3) is 0 Å². The lowest BCUT2D eigenvalue weighted by atomic mass is 9.80. The molecule has 2 rings (SSSR count). The molecular weight excluding hydrogens is 288 g/mol. The molecule has 0 radical (unpaired) electrons. The van der Waals surface area contributed by atoms with Crippen LogP contribution in [0.2, 0.25) is 0 Å². The Morgan fingerprint density at radius 1 is 1.13 bits per heavy atom. The molecule has 1 atom stereocenters. The smallest absolute Gasteiger partial charge is 0.313 e. The fourth-order valence-corrected chi connectivity index (χ4v) is 2.64. The predicted molar refractivity (Wildman–Crippen MR) is 92.0 cm³/mol. The van der Waals surface area contributed by atoms with Crippen LogP contribution in [0.15, 0.2) is 42.5 Å². The Kier molecular flexibility index (Phi) is 5.09. The monoisotopic (exact) mass is 312 g/mol. The highest BCUT2D eigenvalue weighted by molar-refractivity contribution is 5.80. The fourth-order valence-electron chi connectivity index (χ4n) is 2.64. The van der Waals surface area contributed by atoms with E-state index in [2.05, 4.69) is 26.0 Å². The van der Waals surface area contributed by atoms with Gasteiger partial charge in [0.15, 0.2) is 0 Å². The van der Waals surface area contributed by atoms with E-state index in [9.17, 15) is 9.90 Å². The summed E-state index contributed by atoms with van der Waals surface area (Å²) in [5.41, 5.74) is 3.45. The fraction of sp³-hybridized carbons (Fsp3) is 0.350. The highest BCUT2D eigenvalue weighted by Gasteiger charge is 2.33. The van der Waals surface area contributed by atoms with Crippen molar-refractivity contribution >= 4 is 5.97 Å². The molecule has 0 heterocycles. The van der Waals surface area contributed by atoms with Gasteiger partial charge in [-0.3, -0.25) is 4.79 Å². The van der Waals surface area contributed by atoms with E-state index < -0.39 is 11.4 Å². The zero-order valence-corrected chi connectivity index (χ0v) is 14.2. The second-order valence-corrected chi connectivity index (χ2v) is 6.18. The van der Waals surface area contributed by atoms with Gasteiger partial charge in [0, 0.05) is 0 Å². The minimum atomic E-state index is -0.891. The number of benzene rings is 2. The van der Waals surface area contributed by atoms with Gasteiger partial charge in [0.2, 0.25) is 0 Å². The summed E-state index contributed by atoms with van der Waals surface area (Å²) in [7, 11) is 0. The average molecular weight is 312 g/mol. The van der Waals surface area contributed by atoms with Crippen LogP contribution >= 0.6 is 0 Å². The molecule has 0 fully saturated rings. The molecule has 3 heteroatoms. The molecular formula is C20H24O3. The first-order chi connectivity index (χ1) is 10.9. The van der Waals surface area contributed by atoms with Crippen molar-refractivity contribution in [3.8, 4) is 5.75 Å². The second kappa shape index (κ2) is 6.86. The molecule has 0 bridgehead atoms. The van der Waals surface area contributed by atoms with E-state index in [-0.39, 0.29) is 0 Å². The zero-order valence-electron chi connectivity index (χ0n) is 14.2. The molecule has 3 nitrogen and oxygen atoms in total. The number of carboxylic acids is 1. The Hall–Kier alpha value is -2.29. The molecule has 122 valence electrons. The summed E-state index contributed by atoms with van der Waals surface area (Å²) in [5.74, 6) is -0.113. The number of hydrogen-bond acceptors (Lipinski definition) is 2. The van der Waals surface area contributed by atoms with E-state index in [1.807, 2.05) is 37.3 Å². The van der Waals surface area contributed by atoms with Gasteiger partial charge < -0.3 is 9.84 Å². The van der Waals surface area contributed by atoms with E-state index >= 15 is 0 Å². The lowest BCUT2D eigenvalue weighted by molar-refractivity contribution is -0.143. The number of carboxylic acid groups (broad SMARTS) is 1. The second-order valence-electron chi connectivity index (χ2n) is 6.18. The molecule has 0 saturated heterocycles. The van der Waals surface area contributed by atoms with E-state index in [4.69, 9.17) is 4.74 Å². The maximum atomic E-state index is 11.6. The van der Waals surface area contributed by atoms with Gasteiger partial charge in [-0.25, -0.2) is 0 Å².